The minimum absolute atomic E-state index is 0.00425. The number of hydrogen-bond donors (Lipinski definition) is 3. The van der Waals surface area contributed by atoms with Crippen LogP contribution in [0.25, 0.3) is 0 Å². The number of amides is 2. The molecular formula is C11H14N4O2S. The zero-order valence-electron chi connectivity index (χ0n) is 9.90. The van der Waals surface area contributed by atoms with Gasteiger partial charge in [0.1, 0.15) is 0 Å². The quantitative estimate of drug-likeness (QED) is 0.500. The second-order valence-electron chi connectivity index (χ2n) is 3.60. The van der Waals surface area contributed by atoms with Crippen LogP contribution in [0.2, 0.25) is 0 Å². The van der Waals surface area contributed by atoms with Crippen molar-refractivity contribution in [2.75, 3.05) is 6.54 Å². The van der Waals surface area contributed by atoms with Crippen molar-refractivity contribution < 1.29 is 9.59 Å². The van der Waals surface area contributed by atoms with Crippen molar-refractivity contribution in [2.24, 2.45) is 5.73 Å². The molecule has 0 unspecified atom stereocenters. The molecule has 0 fully saturated rings. The van der Waals surface area contributed by atoms with Crippen LogP contribution in [0.5, 0.6) is 0 Å². The molecule has 1 aromatic rings. The molecule has 0 saturated heterocycles. The van der Waals surface area contributed by atoms with Gasteiger partial charge in [0.15, 0.2) is 0 Å². The number of nitrogens with zero attached hydrogens (tertiary/aromatic N) is 1. The van der Waals surface area contributed by atoms with Gasteiger partial charge < -0.3 is 16.4 Å². The minimum Gasteiger partial charge on any atom is -0.392 e. The van der Waals surface area contributed by atoms with Crippen molar-refractivity contribution in [3.63, 3.8) is 0 Å². The van der Waals surface area contributed by atoms with Gasteiger partial charge in [0.2, 0.25) is 0 Å². The summed E-state index contributed by atoms with van der Waals surface area (Å²) in [5.41, 5.74) is 6.73. The fraction of sp³-hybridized carbons (Fsp3) is 0.273. The predicted molar refractivity (Wildman–Crippen MR) is 70.6 cm³/mol. The summed E-state index contributed by atoms with van der Waals surface area (Å²) in [5, 5.41) is 4.74. The third-order valence-corrected chi connectivity index (χ3v) is 2.15. The third-order valence-electron chi connectivity index (χ3n) is 2.01. The van der Waals surface area contributed by atoms with E-state index < -0.39 is 11.8 Å². The number of hydrogen-bond acceptors (Lipinski definition) is 4. The molecule has 1 rings (SSSR count). The smallest absolute Gasteiger partial charge is 0.309 e. The fourth-order valence-electron chi connectivity index (χ4n) is 1.20. The van der Waals surface area contributed by atoms with Crippen LogP contribution in [0.3, 0.4) is 0 Å². The first-order valence-electron chi connectivity index (χ1n) is 5.26. The lowest BCUT2D eigenvalue weighted by molar-refractivity contribution is -0.139. The molecular weight excluding hydrogens is 252 g/mol. The third kappa shape index (κ3) is 4.88. The van der Waals surface area contributed by atoms with Crippen LogP contribution in [0.1, 0.15) is 11.4 Å². The molecule has 1 aromatic heterocycles. The molecule has 0 aliphatic heterocycles. The number of carbonyl (C=O) groups is 2. The number of nitrogens with two attached hydrogens (primary N) is 1. The van der Waals surface area contributed by atoms with Gasteiger partial charge in [0.25, 0.3) is 0 Å². The van der Waals surface area contributed by atoms with Crippen LogP contribution in [0, 0.1) is 6.92 Å². The van der Waals surface area contributed by atoms with E-state index in [-0.39, 0.29) is 18.1 Å². The Morgan fingerprint density at radius 3 is 2.61 bits per heavy atom. The van der Waals surface area contributed by atoms with E-state index in [9.17, 15) is 9.59 Å². The lowest BCUT2D eigenvalue weighted by atomic mass is 10.3. The van der Waals surface area contributed by atoms with E-state index in [1.807, 2.05) is 19.1 Å². The molecule has 0 aliphatic carbocycles. The molecule has 0 radical (unpaired) electrons. The lowest BCUT2D eigenvalue weighted by Crippen LogP contribution is -2.42. The Labute approximate surface area is 110 Å². The molecule has 7 heteroatoms. The van der Waals surface area contributed by atoms with Gasteiger partial charge in [-0.1, -0.05) is 18.3 Å². The molecule has 1 heterocycles. The Hall–Kier alpha value is -2.02. The number of nitrogens with one attached hydrogen (secondary N) is 2. The number of rotatable bonds is 4. The first kappa shape index (κ1) is 14.0. The van der Waals surface area contributed by atoms with Crippen LogP contribution >= 0.6 is 12.2 Å². The summed E-state index contributed by atoms with van der Waals surface area (Å²) < 4.78 is 0. The van der Waals surface area contributed by atoms with Gasteiger partial charge in [-0.2, -0.15) is 0 Å². The SMILES string of the molecule is Cc1cccc(CNC(=O)C(=O)NCC(N)=S)n1. The van der Waals surface area contributed by atoms with Crippen molar-refractivity contribution in [3.05, 3.63) is 29.6 Å². The second kappa shape index (κ2) is 6.65. The summed E-state index contributed by atoms with van der Waals surface area (Å²) >= 11 is 4.58. The zero-order valence-corrected chi connectivity index (χ0v) is 10.7. The minimum atomic E-state index is -0.768. The Morgan fingerprint density at radius 2 is 2.00 bits per heavy atom. The lowest BCUT2D eigenvalue weighted by Gasteiger charge is -2.05. The highest BCUT2D eigenvalue weighted by Crippen LogP contribution is 1.97. The Morgan fingerprint density at radius 1 is 1.33 bits per heavy atom. The highest BCUT2D eigenvalue weighted by molar-refractivity contribution is 7.80. The van der Waals surface area contributed by atoms with E-state index >= 15 is 0 Å². The maximum atomic E-state index is 11.4. The van der Waals surface area contributed by atoms with Crippen LogP contribution < -0.4 is 16.4 Å². The Kier molecular flexibility index (Phi) is 5.19. The first-order valence-corrected chi connectivity index (χ1v) is 5.66. The number of aromatic nitrogens is 1. The van der Waals surface area contributed by atoms with Gasteiger partial charge in [0.05, 0.1) is 23.8 Å². The largest absolute Gasteiger partial charge is 0.392 e. The molecule has 0 saturated carbocycles. The molecule has 0 aliphatic rings. The maximum absolute atomic E-state index is 11.4. The van der Waals surface area contributed by atoms with Crippen molar-refractivity contribution in [2.45, 2.75) is 13.5 Å². The van der Waals surface area contributed by atoms with Gasteiger partial charge in [0, 0.05) is 5.69 Å². The second-order valence-corrected chi connectivity index (χ2v) is 4.13. The van der Waals surface area contributed by atoms with E-state index in [2.05, 4.69) is 27.8 Å². The summed E-state index contributed by atoms with van der Waals surface area (Å²) in [6.45, 7) is 2.05. The molecule has 0 spiro atoms. The van der Waals surface area contributed by atoms with Crippen molar-refractivity contribution >= 4 is 29.0 Å². The number of thiocarbonyl (C=S) groups is 1. The first-order chi connectivity index (χ1) is 8.49. The topological polar surface area (TPSA) is 97.1 Å². The average molecular weight is 266 g/mol. The summed E-state index contributed by atoms with van der Waals surface area (Å²) in [6, 6.07) is 5.44. The standard InChI is InChI=1S/C11H14N4O2S/c1-7-3-2-4-8(15-7)5-13-10(16)11(17)14-6-9(12)18/h2-4H,5-6H2,1H3,(H2,12,18)(H,13,16)(H,14,17). The number of pyridine rings is 1. The molecule has 0 aromatic carbocycles. The molecule has 4 N–H and O–H groups in total. The van der Waals surface area contributed by atoms with E-state index in [0.717, 1.165) is 5.69 Å². The number of aryl methyl sites for hydroxylation is 1. The van der Waals surface area contributed by atoms with E-state index in [0.29, 0.717) is 5.69 Å². The molecule has 2 amide bonds. The van der Waals surface area contributed by atoms with E-state index in [1.54, 1.807) is 6.07 Å². The molecule has 18 heavy (non-hydrogen) atoms. The molecule has 96 valence electrons. The van der Waals surface area contributed by atoms with Crippen molar-refractivity contribution in [3.8, 4) is 0 Å². The van der Waals surface area contributed by atoms with Gasteiger partial charge in [-0.3, -0.25) is 14.6 Å². The fourth-order valence-corrected chi connectivity index (χ4v) is 1.27. The monoisotopic (exact) mass is 266 g/mol. The molecule has 6 nitrogen and oxygen atoms in total. The van der Waals surface area contributed by atoms with E-state index in [1.165, 1.54) is 0 Å². The van der Waals surface area contributed by atoms with Crippen molar-refractivity contribution in [1.82, 2.24) is 15.6 Å². The normalized spacial score (nSPS) is 9.61. The van der Waals surface area contributed by atoms with Crippen LogP contribution in [-0.4, -0.2) is 28.3 Å². The molecule has 0 bridgehead atoms. The maximum Gasteiger partial charge on any atom is 0.309 e. The predicted octanol–water partition coefficient (Wildman–Crippen LogP) is -0.591. The highest BCUT2D eigenvalue weighted by atomic mass is 32.1. The van der Waals surface area contributed by atoms with Gasteiger partial charge in [-0.05, 0) is 19.1 Å². The number of carbonyl (C=O) groups excluding carboxylic acids is 2. The van der Waals surface area contributed by atoms with Crippen LogP contribution in [-0.2, 0) is 16.1 Å². The average Bonchev–Trinajstić information content (AvgIpc) is 2.33. The van der Waals surface area contributed by atoms with Crippen molar-refractivity contribution in [1.29, 1.82) is 0 Å². The van der Waals surface area contributed by atoms with Gasteiger partial charge in [-0.25, -0.2) is 0 Å². The summed E-state index contributed by atoms with van der Waals surface area (Å²) in [5.74, 6) is -1.51. The van der Waals surface area contributed by atoms with Crippen LogP contribution in [0.4, 0.5) is 0 Å². The summed E-state index contributed by atoms with van der Waals surface area (Å²) in [7, 11) is 0. The Bertz CT molecular complexity index is 476. The summed E-state index contributed by atoms with van der Waals surface area (Å²) in [6.07, 6.45) is 0. The zero-order chi connectivity index (χ0) is 13.5. The van der Waals surface area contributed by atoms with Gasteiger partial charge in [-0.15, -0.1) is 0 Å². The van der Waals surface area contributed by atoms with Gasteiger partial charge >= 0.3 is 11.8 Å². The Balaban J connectivity index is 2.41. The van der Waals surface area contributed by atoms with E-state index in [4.69, 9.17) is 5.73 Å². The molecule has 0 atom stereocenters. The summed E-state index contributed by atoms with van der Waals surface area (Å²) in [4.78, 5) is 27.0. The van der Waals surface area contributed by atoms with Crippen LogP contribution in [0.15, 0.2) is 18.2 Å². The highest BCUT2D eigenvalue weighted by Gasteiger charge is 2.12.